The third-order valence-electron chi connectivity index (χ3n) is 4.50. The van der Waals surface area contributed by atoms with Gasteiger partial charge in [-0.1, -0.05) is 0 Å². The highest BCUT2D eigenvalue weighted by Gasteiger charge is 2.36. The van der Waals surface area contributed by atoms with Gasteiger partial charge < -0.3 is 19.4 Å². The third-order valence-corrected chi connectivity index (χ3v) is 4.50. The van der Waals surface area contributed by atoms with Crippen LogP contribution in [-0.4, -0.2) is 67.5 Å². The van der Waals surface area contributed by atoms with Crippen LogP contribution in [0.15, 0.2) is 47.1 Å². The van der Waals surface area contributed by atoms with E-state index in [-0.39, 0.29) is 23.4 Å². The summed E-state index contributed by atoms with van der Waals surface area (Å²) in [6.45, 7) is 2.42. The molecule has 1 N–H and O–H groups in total. The molecule has 1 aliphatic heterocycles. The van der Waals surface area contributed by atoms with E-state index in [1.807, 2.05) is 0 Å². The number of likely N-dealkylation sites (N-methyl/N-ethyl adjacent to an activating group) is 1. The Bertz CT molecular complexity index is 764. The van der Waals surface area contributed by atoms with Crippen LogP contribution in [0.3, 0.4) is 0 Å². The van der Waals surface area contributed by atoms with Crippen molar-refractivity contribution in [1.29, 1.82) is 0 Å². The lowest BCUT2D eigenvalue weighted by molar-refractivity contribution is -0.127. The molecule has 1 aromatic carbocycles. The molecule has 0 radical (unpaired) electrons. The van der Waals surface area contributed by atoms with Crippen LogP contribution in [0, 0.1) is 5.82 Å². The normalized spacial score (nSPS) is 17.6. The average Bonchev–Trinajstić information content (AvgIpc) is 3.23. The van der Waals surface area contributed by atoms with Crippen LogP contribution >= 0.6 is 0 Å². The lowest BCUT2D eigenvalue weighted by atomic mass is 10.1. The maximum absolute atomic E-state index is 12.9. The molecule has 0 spiro atoms. The molecule has 2 heterocycles. The molecule has 0 bridgehead atoms. The topological polar surface area (TPSA) is 75.0 Å². The van der Waals surface area contributed by atoms with Crippen LogP contribution in [0.4, 0.5) is 4.39 Å². The number of hydrogen-bond donors (Lipinski definition) is 1. The molecule has 8 heteroatoms. The lowest BCUT2D eigenvalue weighted by Gasteiger charge is -2.39. The second-order valence-electron chi connectivity index (χ2n) is 6.21. The minimum absolute atomic E-state index is 0.219. The van der Waals surface area contributed by atoms with Crippen LogP contribution in [-0.2, 0) is 4.79 Å². The van der Waals surface area contributed by atoms with Gasteiger partial charge in [-0.05, 0) is 36.4 Å². The highest BCUT2D eigenvalue weighted by Crippen LogP contribution is 2.16. The van der Waals surface area contributed by atoms with Crippen molar-refractivity contribution in [1.82, 2.24) is 15.1 Å². The van der Waals surface area contributed by atoms with E-state index in [2.05, 4.69) is 10.2 Å². The number of carbonyl (C=O) groups excluding carboxylic acids is 2. The first-order chi connectivity index (χ1) is 13.1. The number of nitrogens with one attached hydrogen (secondary N) is 1. The van der Waals surface area contributed by atoms with Crippen LogP contribution in [0.25, 0.3) is 0 Å². The largest absolute Gasteiger partial charge is 0.492 e. The summed E-state index contributed by atoms with van der Waals surface area (Å²) in [6.07, 6.45) is 1.44. The molecule has 1 saturated heterocycles. The number of furan rings is 1. The SMILES string of the molecule is CNC(=O)C1CN(CCOc2ccc(F)cc2)CCN1C(=O)c1ccco1. The number of carbonyl (C=O) groups is 2. The fraction of sp³-hybridized carbons (Fsp3) is 0.368. The van der Waals surface area contributed by atoms with Crippen LogP contribution in [0.5, 0.6) is 5.75 Å². The molecule has 2 amide bonds. The predicted octanol–water partition coefficient (Wildman–Crippen LogP) is 1.37. The van der Waals surface area contributed by atoms with Crippen molar-refractivity contribution in [2.45, 2.75) is 6.04 Å². The first-order valence-electron chi connectivity index (χ1n) is 8.75. The number of nitrogens with zero attached hydrogens (tertiary/aromatic N) is 2. The van der Waals surface area contributed by atoms with Crippen molar-refractivity contribution in [3.63, 3.8) is 0 Å². The van der Waals surface area contributed by atoms with Gasteiger partial charge in [0.1, 0.15) is 24.2 Å². The molecule has 27 heavy (non-hydrogen) atoms. The molecule has 0 saturated carbocycles. The number of piperazine rings is 1. The van der Waals surface area contributed by atoms with Crippen molar-refractivity contribution < 1.29 is 23.1 Å². The van der Waals surface area contributed by atoms with Crippen LogP contribution in [0.1, 0.15) is 10.6 Å². The molecule has 1 atom stereocenters. The predicted molar refractivity (Wildman–Crippen MR) is 95.9 cm³/mol. The van der Waals surface area contributed by atoms with Gasteiger partial charge >= 0.3 is 0 Å². The summed E-state index contributed by atoms with van der Waals surface area (Å²) in [4.78, 5) is 28.5. The van der Waals surface area contributed by atoms with Crippen LogP contribution in [0.2, 0.25) is 0 Å². The van der Waals surface area contributed by atoms with E-state index in [1.165, 1.54) is 23.3 Å². The molecule has 0 aliphatic carbocycles. The molecule has 2 aromatic rings. The lowest BCUT2D eigenvalue weighted by Crippen LogP contribution is -2.60. The maximum Gasteiger partial charge on any atom is 0.290 e. The monoisotopic (exact) mass is 375 g/mol. The molecule has 1 aliphatic rings. The number of benzene rings is 1. The van der Waals surface area contributed by atoms with Gasteiger partial charge in [-0.2, -0.15) is 0 Å². The summed E-state index contributed by atoms with van der Waals surface area (Å²) >= 11 is 0. The maximum atomic E-state index is 12.9. The number of hydrogen-bond acceptors (Lipinski definition) is 5. The van der Waals surface area contributed by atoms with Gasteiger partial charge in [-0.3, -0.25) is 14.5 Å². The Labute approximate surface area is 156 Å². The summed E-state index contributed by atoms with van der Waals surface area (Å²) < 4.78 is 23.7. The smallest absolute Gasteiger partial charge is 0.290 e. The molecule has 1 aromatic heterocycles. The Morgan fingerprint density at radius 2 is 2.04 bits per heavy atom. The summed E-state index contributed by atoms with van der Waals surface area (Å²) in [5.74, 6) is -0.0223. The van der Waals surface area contributed by atoms with Gasteiger partial charge in [0.25, 0.3) is 5.91 Å². The van der Waals surface area contributed by atoms with Gasteiger partial charge in [0.05, 0.1) is 6.26 Å². The fourth-order valence-corrected chi connectivity index (χ4v) is 3.04. The molecule has 144 valence electrons. The number of rotatable bonds is 6. The second-order valence-corrected chi connectivity index (χ2v) is 6.21. The number of ether oxygens (including phenoxy) is 1. The summed E-state index contributed by atoms with van der Waals surface area (Å²) in [7, 11) is 1.55. The van der Waals surface area contributed by atoms with Gasteiger partial charge in [0, 0.05) is 33.2 Å². The third kappa shape index (κ3) is 4.65. The molecule has 1 unspecified atom stereocenters. The van der Waals surface area contributed by atoms with Crippen LogP contribution < -0.4 is 10.1 Å². The van der Waals surface area contributed by atoms with Gasteiger partial charge in [0.15, 0.2) is 5.76 Å². The molecule has 1 fully saturated rings. The fourth-order valence-electron chi connectivity index (χ4n) is 3.04. The van der Waals surface area contributed by atoms with E-state index in [0.717, 1.165) is 0 Å². The van der Waals surface area contributed by atoms with Crippen molar-refractivity contribution in [3.8, 4) is 5.75 Å². The van der Waals surface area contributed by atoms with Crippen molar-refractivity contribution in [2.24, 2.45) is 0 Å². The Morgan fingerprint density at radius 1 is 1.26 bits per heavy atom. The second kappa shape index (κ2) is 8.68. The average molecular weight is 375 g/mol. The van der Waals surface area contributed by atoms with E-state index in [9.17, 15) is 14.0 Å². The summed E-state index contributed by atoms with van der Waals surface area (Å²) in [5.41, 5.74) is 0. The zero-order chi connectivity index (χ0) is 19.2. The standard InChI is InChI=1S/C19H22FN3O4/c1-21-18(24)16-13-22(10-12-26-15-6-4-14(20)5-7-15)8-9-23(16)19(25)17-3-2-11-27-17/h2-7,11,16H,8-10,12-13H2,1H3,(H,21,24). The van der Waals surface area contributed by atoms with Crippen molar-refractivity contribution in [3.05, 3.63) is 54.2 Å². The van der Waals surface area contributed by atoms with E-state index in [0.29, 0.717) is 38.5 Å². The molecular formula is C19H22FN3O4. The summed E-state index contributed by atoms with van der Waals surface area (Å²) in [5, 5.41) is 2.62. The van der Waals surface area contributed by atoms with Crippen molar-refractivity contribution in [2.75, 3.05) is 39.8 Å². The zero-order valence-electron chi connectivity index (χ0n) is 15.1. The Morgan fingerprint density at radius 3 is 2.70 bits per heavy atom. The summed E-state index contributed by atoms with van der Waals surface area (Å²) in [6, 6.07) is 8.46. The van der Waals surface area contributed by atoms with Gasteiger partial charge in [0.2, 0.25) is 5.91 Å². The Kier molecular flexibility index (Phi) is 6.08. The van der Waals surface area contributed by atoms with Crippen molar-refractivity contribution >= 4 is 11.8 Å². The number of amides is 2. The number of halogens is 1. The Hall–Kier alpha value is -2.87. The van der Waals surface area contributed by atoms with E-state index in [4.69, 9.17) is 9.15 Å². The van der Waals surface area contributed by atoms with E-state index >= 15 is 0 Å². The van der Waals surface area contributed by atoms with E-state index in [1.54, 1.807) is 31.3 Å². The molecule has 7 nitrogen and oxygen atoms in total. The molecule has 3 rings (SSSR count). The molecular weight excluding hydrogens is 353 g/mol. The highest BCUT2D eigenvalue weighted by molar-refractivity contribution is 5.95. The van der Waals surface area contributed by atoms with E-state index < -0.39 is 6.04 Å². The van der Waals surface area contributed by atoms with Gasteiger partial charge in [-0.15, -0.1) is 0 Å². The first-order valence-corrected chi connectivity index (χ1v) is 8.75. The minimum Gasteiger partial charge on any atom is -0.492 e. The Balaban J connectivity index is 1.57. The highest BCUT2D eigenvalue weighted by atomic mass is 19.1. The minimum atomic E-state index is -0.604. The first kappa shape index (κ1) is 18.9. The zero-order valence-corrected chi connectivity index (χ0v) is 15.1. The quantitative estimate of drug-likeness (QED) is 0.826. The van der Waals surface area contributed by atoms with Gasteiger partial charge in [-0.25, -0.2) is 4.39 Å².